The summed E-state index contributed by atoms with van der Waals surface area (Å²) in [6, 6.07) is 9.50. The van der Waals surface area contributed by atoms with Gasteiger partial charge in [0.05, 0.1) is 13.0 Å². The summed E-state index contributed by atoms with van der Waals surface area (Å²) in [6.45, 7) is 5.04. The molecule has 0 saturated carbocycles. The van der Waals surface area contributed by atoms with Crippen LogP contribution in [0, 0.1) is 0 Å². The van der Waals surface area contributed by atoms with Crippen LogP contribution in [0.25, 0.3) is 0 Å². The van der Waals surface area contributed by atoms with E-state index in [4.69, 9.17) is 10.5 Å². The summed E-state index contributed by atoms with van der Waals surface area (Å²) in [5.41, 5.74) is 5.36. The molecule has 19 heavy (non-hydrogen) atoms. The van der Waals surface area contributed by atoms with Crippen molar-refractivity contribution in [2.45, 2.75) is 38.6 Å². The van der Waals surface area contributed by atoms with Crippen LogP contribution in [0.2, 0.25) is 0 Å². The molecule has 0 heterocycles. The Morgan fingerprint density at radius 1 is 1.37 bits per heavy atom. The number of nitrogens with one attached hydrogen (secondary N) is 1. The fraction of sp³-hybridized carbons (Fsp3) is 0.533. The topological polar surface area (TPSA) is 64.3 Å². The van der Waals surface area contributed by atoms with Crippen LogP contribution in [0.5, 0.6) is 5.75 Å². The van der Waals surface area contributed by atoms with E-state index < -0.39 is 0 Å². The highest BCUT2D eigenvalue weighted by molar-refractivity contribution is 5.76. The summed E-state index contributed by atoms with van der Waals surface area (Å²) in [6.07, 6.45) is 2.01. The molecule has 3 N–H and O–H groups in total. The molecule has 0 aliphatic heterocycles. The molecule has 0 aliphatic carbocycles. The second-order valence-corrected chi connectivity index (χ2v) is 4.91. The zero-order valence-corrected chi connectivity index (χ0v) is 11.8. The Bertz CT molecular complexity index is 381. The van der Waals surface area contributed by atoms with E-state index in [-0.39, 0.29) is 11.4 Å². The second-order valence-electron chi connectivity index (χ2n) is 4.91. The largest absolute Gasteiger partial charge is 0.493 e. The van der Waals surface area contributed by atoms with Crippen molar-refractivity contribution in [1.82, 2.24) is 5.32 Å². The molecule has 1 aromatic rings. The molecule has 4 nitrogen and oxygen atoms in total. The first-order valence-corrected chi connectivity index (χ1v) is 6.78. The van der Waals surface area contributed by atoms with Crippen molar-refractivity contribution >= 4 is 5.91 Å². The third kappa shape index (κ3) is 5.75. The van der Waals surface area contributed by atoms with Crippen LogP contribution in [-0.4, -0.2) is 24.6 Å². The van der Waals surface area contributed by atoms with Gasteiger partial charge in [-0.2, -0.15) is 0 Å². The maximum atomic E-state index is 11.9. The average Bonchev–Trinajstić information content (AvgIpc) is 2.40. The Kier molecular flexibility index (Phi) is 6.36. The Hall–Kier alpha value is -1.55. The number of ether oxygens (including phenoxy) is 1. The van der Waals surface area contributed by atoms with Crippen LogP contribution in [0.1, 0.15) is 33.1 Å². The van der Waals surface area contributed by atoms with Crippen LogP contribution < -0.4 is 15.8 Å². The Morgan fingerprint density at radius 3 is 2.63 bits per heavy atom. The monoisotopic (exact) mass is 264 g/mol. The van der Waals surface area contributed by atoms with E-state index in [9.17, 15) is 4.79 Å². The molecule has 106 valence electrons. The lowest BCUT2D eigenvalue weighted by atomic mass is 9.94. The molecule has 0 radical (unpaired) electrons. The minimum atomic E-state index is -0.210. The lowest BCUT2D eigenvalue weighted by Gasteiger charge is -2.29. The fourth-order valence-corrected chi connectivity index (χ4v) is 1.82. The van der Waals surface area contributed by atoms with Crippen molar-refractivity contribution in [3.63, 3.8) is 0 Å². The summed E-state index contributed by atoms with van der Waals surface area (Å²) < 4.78 is 5.50. The fourth-order valence-electron chi connectivity index (χ4n) is 1.82. The third-order valence-electron chi connectivity index (χ3n) is 3.26. The highest BCUT2D eigenvalue weighted by atomic mass is 16.5. The number of hydrogen-bond acceptors (Lipinski definition) is 3. The quantitative estimate of drug-likeness (QED) is 0.755. The summed E-state index contributed by atoms with van der Waals surface area (Å²) in [5.74, 6) is 0.796. The summed E-state index contributed by atoms with van der Waals surface area (Å²) in [7, 11) is 0. The van der Waals surface area contributed by atoms with Gasteiger partial charge in [-0.15, -0.1) is 0 Å². The van der Waals surface area contributed by atoms with E-state index in [1.54, 1.807) is 0 Å². The molecule has 1 amide bonds. The lowest BCUT2D eigenvalue weighted by Crippen LogP contribution is -2.47. The van der Waals surface area contributed by atoms with E-state index in [1.165, 1.54) is 0 Å². The van der Waals surface area contributed by atoms with Gasteiger partial charge in [0, 0.05) is 5.54 Å². The molecule has 0 spiro atoms. The van der Waals surface area contributed by atoms with Crippen LogP contribution in [0.3, 0.4) is 0 Å². The van der Waals surface area contributed by atoms with E-state index in [1.807, 2.05) is 37.3 Å². The van der Waals surface area contributed by atoms with Crippen LogP contribution in [0.4, 0.5) is 0 Å². The lowest BCUT2D eigenvalue weighted by molar-refractivity contribution is -0.123. The minimum absolute atomic E-state index is 0.00808. The molecule has 0 saturated heterocycles. The van der Waals surface area contributed by atoms with Gasteiger partial charge < -0.3 is 15.8 Å². The van der Waals surface area contributed by atoms with Gasteiger partial charge in [0.1, 0.15) is 5.75 Å². The smallest absolute Gasteiger partial charge is 0.223 e. The maximum absolute atomic E-state index is 11.9. The van der Waals surface area contributed by atoms with E-state index in [2.05, 4.69) is 12.2 Å². The number of para-hydroxylation sites is 1. The number of benzene rings is 1. The van der Waals surface area contributed by atoms with Gasteiger partial charge in [-0.1, -0.05) is 25.1 Å². The molecule has 0 fully saturated rings. The van der Waals surface area contributed by atoms with Gasteiger partial charge in [0.25, 0.3) is 0 Å². The van der Waals surface area contributed by atoms with Crippen LogP contribution >= 0.6 is 0 Å². The van der Waals surface area contributed by atoms with E-state index >= 15 is 0 Å². The highest BCUT2D eigenvalue weighted by Gasteiger charge is 2.22. The number of nitrogens with two attached hydrogens (primary N) is 1. The van der Waals surface area contributed by atoms with Gasteiger partial charge >= 0.3 is 0 Å². The second kappa shape index (κ2) is 7.79. The number of carbonyl (C=O) groups is 1. The van der Waals surface area contributed by atoms with Gasteiger partial charge in [-0.3, -0.25) is 4.79 Å². The first-order valence-electron chi connectivity index (χ1n) is 6.78. The van der Waals surface area contributed by atoms with Crippen molar-refractivity contribution < 1.29 is 9.53 Å². The summed E-state index contributed by atoms with van der Waals surface area (Å²) in [4.78, 5) is 11.9. The highest BCUT2D eigenvalue weighted by Crippen LogP contribution is 2.13. The molecule has 0 aromatic heterocycles. The van der Waals surface area contributed by atoms with Gasteiger partial charge in [0.15, 0.2) is 0 Å². The third-order valence-corrected chi connectivity index (χ3v) is 3.26. The van der Waals surface area contributed by atoms with Crippen molar-refractivity contribution in [3.8, 4) is 5.75 Å². The van der Waals surface area contributed by atoms with Crippen LogP contribution in [0.15, 0.2) is 30.3 Å². The minimum Gasteiger partial charge on any atom is -0.493 e. The molecule has 1 rings (SSSR count). The zero-order valence-electron chi connectivity index (χ0n) is 11.8. The molecule has 1 atom stereocenters. The van der Waals surface area contributed by atoms with E-state index in [0.29, 0.717) is 19.6 Å². The molecule has 1 aromatic carbocycles. The van der Waals surface area contributed by atoms with Gasteiger partial charge in [0.2, 0.25) is 5.91 Å². The van der Waals surface area contributed by atoms with Crippen molar-refractivity contribution in [1.29, 1.82) is 0 Å². The average molecular weight is 264 g/mol. The maximum Gasteiger partial charge on any atom is 0.223 e. The Morgan fingerprint density at radius 2 is 2.05 bits per heavy atom. The summed E-state index contributed by atoms with van der Waals surface area (Å²) in [5, 5.41) is 3.03. The standard InChI is InChI=1S/C15H24N2O2/c1-3-15(2,10-11-16)17-14(18)9-12-19-13-7-5-4-6-8-13/h4-8H,3,9-12,16H2,1-2H3,(H,17,18). The first kappa shape index (κ1) is 15.5. The number of hydrogen-bond donors (Lipinski definition) is 2. The normalized spacial score (nSPS) is 13.6. The predicted molar refractivity (Wildman–Crippen MR) is 77.1 cm³/mol. The number of carbonyl (C=O) groups excluding carboxylic acids is 1. The molecular formula is C15H24N2O2. The molecule has 1 unspecified atom stereocenters. The van der Waals surface area contributed by atoms with Crippen molar-refractivity contribution in [3.05, 3.63) is 30.3 Å². The SMILES string of the molecule is CCC(C)(CCN)NC(=O)CCOc1ccccc1. The first-order chi connectivity index (χ1) is 9.09. The summed E-state index contributed by atoms with van der Waals surface area (Å²) >= 11 is 0. The molecule has 0 bridgehead atoms. The Balaban J connectivity index is 2.31. The molecule has 0 aliphatic rings. The van der Waals surface area contributed by atoms with Crippen molar-refractivity contribution in [2.75, 3.05) is 13.2 Å². The zero-order chi connectivity index (χ0) is 14.1. The predicted octanol–water partition coefficient (Wildman–Crippen LogP) is 2.09. The van der Waals surface area contributed by atoms with Gasteiger partial charge in [-0.05, 0) is 38.4 Å². The molecule has 4 heteroatoms. The van der Waals surface area contributed by atoms with Crippen molar-refractivity contribution in [2.24, 2.45) is 5.73 Å². The Labute approximate surface area is 115 Å². The van der Waals surface area contributed by atoms with Crippen LogP contribution in [-0.2, 0) is 4.79 Å². The van der Waals surface area contributed by atoms with Gasteiger partial charge in [-0.25, -0.2) is 0 Å². The molecular weight excluding hydrogens is 240 g/mol. The van der Waals surface area contributed by atoms with E-state index in [0.717, 1.165) is 18.6 Å². The number of rotatable bonds is 8. The number of amides is 1.